The van der Waals surface area contributed by atoms with Crippen molar-refractivity contribution in [2.24, 2.45) is 5.92 Å². The van der Waals surface area contributed by atoms with Gasteiger partial charge in [-0.15, -0.1) is 0 Å². The molecule has 0 unspecified atom stereocenters. The van der Waals surface area contributed by atoms with Gasteiger partial charge < -0.3 is 9.32 Å². The van der Waals surface area contributed by atoms with Crippen molar-refractivity contribution in [3.8, 4) is 0 Å². The van der Waals surface area contributed by atoms with Gasteiger partial charge in [-0.3, -0.25) is 9.36 Å². The van der Waals surface area contributed by atoms with Crippen molar-refractivity contribution in [1.29, 1.82) is 0 Å². The molecule has 2 aliphatic heterocycles. The van der Waals surface area contributed by atoms with Gasteiger partial charge in [0, 0.05) is 32.2 Å². The summed E-state index contributed by atoms with van der Waals surface area (Å²) in [5, 5.41) is 0. The van der Waals surface area contributed by atoms with Crippen LogP contribution in [0, 0.1) is 5.92 Å². The molecule has 0 radical (unpaired) electrons. The highest BCUT2D eigenvalue weighted by Crippen LogP contribution is 2.24. The third-order valence-electron chi connectivity index (χ3n) is 5.65. The van der Waals surface area contributed by atoms with E-state index in [1.165, 1.54) is 21.0 Å². The van der Waals surface area contributed by atoms with Crippen molar-refractivity contribution >= 4 is 27.0 Å². The largest absolute Gasteiger partial charge is 0.420 e. The van der Waals surface area contributed by atoms with E-state index in [9.17, 15) is 18.0 Å². The van der Waals surface area contributed by atoms with Gasteiger partial charge in [0.25, 0.3) is 0 Å². The minimum atomic E-state index is -3.59. The molecule has 0 bridgehead atoms. The Hall–Kier alpha value is -2.13. The maximum Gasteiger partial charge on any atom is 0.420 e. The van der Waals surface area contributed by atoms with Crippen molar-refractivity contribution in [2.75, 3.05) is 26.2 Å². The smallest absolute Gasteiger partial charge is 0.408 e. The molecule has 3 heterocycles. The Bertz CT molecular complexity index is 1050. The van der Waals surface area contributed by atoms with Crippen molar-refractivity contribution in [3.05, 3.63) is 28.7 Å². The number of sulfonamides is 1. The van der Waals surface area contributed by atoms with Crippen LogP contribution in [-0.4, -0.2) is 54.3 Å². The van der Waals surface area contributed by atoms with Crippen LogP contribution < -0.4 is 5.76 Å². The Morgan fingerprint density at radius 3 is 2.64 bits per heavy atom. The molecule has 0 saturated carbocycles. The lowest BCUT2D eigenvalue weighted by molar-refractivity contribution is -0.133. The zero-order valence-corrected chi connectivity index (χ0v) is 16.8. The highest BCUT2D eigenvalue weighted by Gasteiger charge is 2.28. The highest BCUT2D eigenvalue weighted by molar-refractivity contribution is 7.89. The monoisotopic (exact) mass is 407 g/mol. The summed E-state index contributed by atoms with van der Waals surface area (Å²) in [6.45, 7) is 4.42. The van der Waals surface area contributed by atoms with Crippen molar-refractivity contribution in [3.63, 3.8) is 0 Å². The molecule has 28 heavy (non-hydrogen) atoms. The quantitative estimate of drug-likeness (QED) is 0.768. The van der Waals surface area contributed by atoms with Crippen LogP contribution in [0.2, 0.25) is 0 Å². The van der Waals surface area contributed by atoms with E-state index in [-0.39, 0.29) is 22.9 Å². The van der Waals surface area contributed by atoms with Gasteiger partial charge in [0.1, 0.15) is 6.54 Å². The summed E-state index contributed by atoms with van der Waals surface area (Å²) in [6, 6.07) is 4.42. The van der Waals surface area contributed by atoms with E-state index in [2.05, 4.69) is 6.92 Å². The first-order chi connectivity index (χ1) is 13.4. The number of nitrogens with zero attached hydrogens (tertiary/aromatic N) is 3. The molecule has 1 aromatic heterocycles. The Kier molecular flexibility index (Phi) is 5.05. The molecule has 0 N–H and O–H groups in total. The number of amides is 1. The van der Waals surface area contributed by atoms with E-state index in [0.717, 1.165) is 25.7 Å². The first kappa shape index (κ1) is 19.2. The molecular formula is C19H25N3O5S. The minimum absolute atomic E-state index is 0.100. The van der Waals surface area contributed by atoms with Crippen LogP contribution in [0.15, 0.2) is 32.3 Å². The molecule has 2 saturated heterocycles. The minimum Gasteiger partial charge on any atom is -0.408 e. The molecule has 4 rings (SSSR count). The topological polar surface area (TPSA) is 92.8 Å². The summed E-state index contributed by atoms with van der Waals surface area (Å²) in [5.41, 5.74) is 0.619. The fraction of sp³-hybridized carbons (Fsp3) is 0.579. The average Bonchev–Trinajstić information content (AvgIpc) is 3.30. The van der Waals surface area contributed by atoms with Gasteiger partial charge in [0.2, 0.25) is 15.9 Å². The average molecular weight is 407 g/mol. The standard InChI is InChI=1S/C19H25N3O5S/c1-14-5-4-8-20(12-14)18(23)13-22-16-7-6-15(11-17(16)27-19(22)24)28(25,26)21-9-2-3-10-21/h6-7,11,14H,2-5,8-10,12-13H2,1H3/t14-/m0/s1. The molecule has 0 aliphatic carbocycles. The number of likely N-dealkylation sites (tertiary alicyclic amines) is 1. The van der Waals surface area contributed by atoms with Crippen LogP contribution in [-0.2, 0) is 21.4 Å². The first-order valence-electron chi connectivity index (χ1n) is 9.77. The number of carbonyl (C=O) groups excluding carboxylic acids is 1. The van der Waals surface area contributed by atoms with Crippen LogP contribution in [0.1, 0.15) is 32.6 Å². The van der Waals surface area contributed by atoms with Gasteiger partial charge >= 0.3 is 5.76 Å². The van der Waals surface area contributed by atoms with E-state index in [1.807, 2.05) is 0 Å². The van der Waals surface area contributed by atoms with Gasteiger partial charge in [0.05, 0.1) is 10.4 Å². The van der Waals surface area contributed by atoms with E-state index in [4.69, 9.17) is 4.42 Å². The summed E-state index contributed by atoms with van der Waals surface area (Å²) in [6.07, 6.45) is 3.77. The normalized spacial score (nSPS) is 21.5. The van der Waals surface area contributed by atoms with Gasteiger partial charge in [-0.2, -0.15) is 4.31 Å². The molecule has 1 amide bonds. The third kappa shape index (κ3) is 3.48. The summed E-state index contributed by atoms with van der Waals surface area (Å²) >= 11 is 0. The summed E-state index contributed by atoms with van der Waals surface area (Å²) in [5.74, 6) is -0.317. The fourth-order valence-electron chi connectivity index (χ4n) is 4.09. The number of carbonyl (C=O) groups is 1. The maximum atomic E-state index is 12.7. The summed E-state index contributed by atoms with van der Waals surface area (Å²) in [7, 11) is -3.59. The zero-order valence-electron chi connectivity index (χ0n) is 16.0. The Balaban J connectivity index is 1.61. The lowest BCUT2D eigenvalue weighted by Gasteiger charge is -2.30. The number of piperidine rings is 1. The molecular weight excluding hydrogens is 382 g/mol. The molecule has 1 atom stereocenters. The second kappa shape index (κ2) is 7.36. The van der Waals surface area contributed by atoms with Crippen LogP contribution in [0.4, 0.5) is 0 Å². The fourth-order valence-corrected chi connectivity index (χ4v) is 5.62. The zero-order chi connectivity index (χ0) is 19.9. The van der Waals surface area contributed by atoms with Crippen molar-refractivity contribution < 1.29 is 17.6 Å². The molecule has 9 heteroatoms. The molecule has 8 nitrogen and oxygen atoms in total. The molecule has 2 aromatic rings. The molecule has 2 aliphatic rings. The van der Waals surface area contributed by atoms with E-state index in [1.54, 1.807) is 11.0 Å². The number of fused-ring (bicyclic) bond motifs is 1. The number of hydrogen-bond acceptors (Lipinski definition) is 5. The van der Waals surface area contributed by atoms with Crippen LogP contribution in [0.25, 0.3) is 11.1 Å². The van der Waals surface area contributed by atoms with Gasteiger partial charge in [-0.05, 0) is 43.7 Å². The lowest BCUT2D eigenvalue weighted by Crippen LogP contribution is -2.41. The predicted octanol–water partition coefficient (Wildman–Crippen LogP) is 1.64. The van der Waals surface area contributed by atoms with Crippen LogP contribution in [0.5, 0.6) is 0 Å². The predicted molar refractivity (Wildman–Crippen MR) is 103 cm³/mol. The molecule has 0 spiro atoms. The van der Waals surface area contributed by atoms with E-state index in [0.29, 0.717) is 37.6 Å². The third-order valence-corrected chi connectivity index (χ3v) is 7.54. The number of hydrogen-bond donors (Lipinski definition) is 0. The van der Waals surface area contributed by atoms with Gasteiger partial charge in [-0.1, -0.05) is 6.92 Å². The lowest BCUT2D eigenvalue weighted by atomic mass is 10.0. The Morgan fingerprint density at radius 1 is 1.18 bits per heavy atom. The molecule has 1 aromatic carbocycles. The molecule has 152 valence electrons. The second-order valence-electron chi connectivity index (χ2n) is 7.78. The number of benzene rings is 1. The maximum absolute atomic E-state index is 12.7. The van der Waals surface area contributed by atoms with Crippen molar-refractivity contribution in [2.45, 2.75) is 44.0 Å². The second-order valence-corrected chi connectivity index (χ2v) is 9.72. The van der Waals surface area contributed by atoms with Crippen LogP contribution in [0.3, 0.4) is 0 Å². The summed E-state index contributed by atoms with van der Waals surface area (Å²) in [4.78, 5) is 26.8. The summed E-state index contributed by atoms with van der Waals surface area (Å²) < 4.78 is 33.4. The van der Waals surface area contributed by atoms with E-state index >= 15 is 0 Å². The first-order valence-corrected chi connectivity index (χ1v) is 11.2. The van der Waals surface area contributed by atoms with Crippen LogP contribution >= 0.6 is 0 Å². The molecule has 2 fully saturated rings. The van der Waals surface area contributed by atoms with Gasteiger partial charge in [0.15, 0.2) is 5.58 Å². The number of rotatable bonds is 4. The van der Waals surface area contributed by atoms with E-state index < -0.39 is 15.8 Å². The van der Waals surface area contributed by atoms with Gasteiger partial charge in [-0.25, -0.2) is 13.2 Å². The number of aromatic nitrogens is 1. The van der Waals surface area contributed by atoms with Crippen molar-refractivity contribution in [1.82, 2.24) is 13.8 Å². The SMILES string of the molecule is C[C@H]1CCCN(C(=O)Cn2c(=O)oc3cc(S(=O)(=O)N4CCCC4)ccc32)C1. The highest BCUT2D eigenvalue weighted by atomic mass is 32.2. The Morgan fingerprint density at radius 2 is 1.93 bits per heavy atom. The Labute approximate surface area is 163 Å². The number of oxazole rings is 1.